The van der Waals surface area contributed by atoms with Crippen LogP contribution in [0.15, 0.2) is 34.1 Å². The summed E-state index contributed by atoms with van der Waals surface area (Å²) in [6.45, 7) is 0. The molecule has 0 saturated carbocycles. The van der Waals surface area contributed by atoms with E-state index in [9.17, 15) is 16.8 Å². The van der Waals surface area contributed by atoms with E-state index in [2.05, 4.69) is 0 Å². The first-order valence-corrected chi connectivity index (χ1v) is 9.38. The van der Waals surface area contributed by atoms with Gasteiger partial charge in [0, 0.05) is 6.26 Å². The molecule has 1 rings (SSSR count). The summed E-state index contributed by atoms with van der Waals surface area (Å²) in [5, 5.41) is 0. The van der Waals surface area contributed by atoms with Crippen molar-refractivity contribution < 1.29 is 16.8 Å². The molecule has 14 heavy (non-hydrogen) atoms. The van der Waals surface area contributed by atoms with Gasteiger partial charge in [0.25, 0.3) is 0 Å². The number of sulfone groups is 1. The molecule has 0 aliphatic heterocycles. The average Bonchev–Trinajstić information content (AvgIpc) is 2.01. The number of rotatable bonds is 2. The fraction of sp³-hybridized carbons (Fsp3) is 0.143. The largest absolute Gasteiger partial charge is 0.231 e. The Kier molecular flexibility index (Phi) is 3.22. The van der Waals surface area contributed by atoms with Crippen molar-refractivity contribution in [3.63, 3.8) is 0 Å². The Labute approximate surface area is 94.8 Å². The highest BCUT2D eigenvalue weighted by atomic mass is 127. The SMILES string of the molecule is CS(=O)(=O)c1cccc(S(=O)(=O)I)c1. The van der Waals surface area contributed by atoms with Crippen LogP contribution < -0.4 is 0 Å². The third kappa shape index (κ3) is 2.92. The topological polar surface area (TPSA) is 68.3 Å². The van der Waals surface area contributed by atoms with Gasteiger partial charge in [-0.05, 0) is 18.2 Å². The van der Waals surface area contributed by atoms with Gasteiger partial charge in [-0.3, -0.25) is 0 Å². The molecule has 0 spiro atoms. The molecule has 0 heterocycles. The van der Waals surface area contributed by atoms with Crippen molar-refractivity contribution in [3.05, 3.63) is 24.3 Å². The molecule has 1 aromatic carbocycles. The number of hydrogen-bond donors (Lipinski definition) is 0. The van der Waals surface area contributed by atoms with Gasteiger partial charge in [-0.25, -0.2) is 16.8 Å². The first-order valence-electron chi connectivity index (χ1n) is 3.46. The van der Waals surface area contributed by atoms with Crippen molar-refractivity contribution in [2.45, 2.75) is 9.79 Å². The minimum absolute atomic E-state index is 0.000949. The molecular formula is C7H7IO4S2. The van der Waals surface area contributed by atoms with E-state index in [0.29, 0.717) is 0 Å². The maximum absolute atomic E-state index is 11.1. The molecule has 1 aromatic rings. The second-order valence-electron chi connectivity index (χ2n) is 2.68. The maximum atomic E-state index is 11.1. The van der Waals surface area contributed by atoms with Gasteiger partial charge in [-0.2, -0.15) is 0 Å². The Balaban J connectivity index is 3.44. The number of halogens is 1. The van der Waals surface area contributed by atoms with E-state index in [0.717, 1.165) is 12.3 Å². The molecule has 0 aromatic heterocycles. The van der Waals surface area contributed by atoms with Crippen LogP contribution in [0.1, 0.15) is 0 Å². The van der Waals surface area contributed by atoms with E-state index in [1.165, 1.54) is 39.4 Å². The van der Waals surface area contributed by atoms with E-state index in [1.54, 1.807) is 0 Å². The highest BCUT2D eigenvalue weighted by Crippen LogP contribution is 2.20. The molecule has 78 valence electrons. The molecule has 0 radical (unpaired) electrons. The molecule has 0 amide bonds. The Morgan fingerprint density at radius 2 is 1.57 bits per heavy atom. The van der Waals surface area contributed by atoms with Gasteiger partial charge < -0.3 is 0 Å². The molecule has 0 bridgehead atoms. The summed E-state index contributed by atoms with van der Waals surface area (Å²) in [6.07, 6.45) is 1.03. The van der Waals surface area contributed by atoms with Crippen molar-refractivity contribution in [2.24, 2.45) is 0 Å². The van der Waals surface area contributed by atoms with Crippen molar-refractivity contribution in [1.29, 1.82) is 0 Å². The van der Waals surface area contributed by atoms with E-state index < -0.39 is 16.8 Å². The van der Waals surface area contributed by atoms with Crippen molar-refractivity contribution in [1.82, 2.24) is 0 Å². The Hall–Kier alpha value is -0.150. The first kappa shape index (κ1) is 11.9. The Morgan fingerprint density at radius 3 is 2.00 bits per heavy atom. The van der Waals surface area contributed by atoms with Crippen molar-refractivity contribution in [3.8, 4) is 0 Å². The van der Waals surface area contributed by atoms with Crippen molar-refractivity contribution >= 4 is 38.1 Å². The summed E-state index contributed by atoms with van der Waals surface area (Å²) >= 11 is 1.26. The molecule has 0 atom stereocenters. The Morgan fingerprint density at radius 1 is 1.07 bits per heavy atom. The summed E-state index contributed by atoms with van der Waals surface area (Å²) in [4.78, 5) is 0.0104. The molecule has 0 aliphatic rings. The van der Waals surface area contributed by atoms with Crippen molar-refractivity contribution in [2.75, 3.05) is 6.26 Å². The van der Waals surface area contributed by atoms with Crippen LogP contribution in [0.25, 0.3) is 0 Å². The van der Waals surface area contributed by atoms with Gasteiger partial charge in [-0.15, -0.1) is 0 Å². The van der Waals surface area contributed by atoms with Gasteiger partial charge in [0.1, 0.15) is 0 Å². The van der Waals surface area contributed by atoms with E-state index >= 15 is 0 Å². The van der Waals surface area contributed by atoms with Gasteiger partial charge in [-0.1, -0.05) is 6.07 Å². The normalized spacial score (nSPS) is 12.7. The first-order chi connectivity index (χ1) is 6.21. The zero-order valence-electron chi connectivity index (χ0n) is 7.14. The summed E-state index contributed by atoms with van der Waals surface area (Å²) in [5.41, 5.74) is 0. The van der Waals surface area contributed by atoms with Crippen LogP contribution in [0.4, 0.5) is 0 Å². The zero-order valence-corrected chi connectivity index (χ0v) is 10.9. The minimum Gasteiger partial charge on any atom is -0.224 e. The molecule has 0 aliphatic carbocycles. The maximum Gasteiger partial charge on any atom is 0.231 e. The van der Waals surface area contributed by atoms with E-state index in [4.69, 9.17) is 0 Å². The van der Waals surface area contributed by atoms with E-state index in [-0.39, 0.29) is 9.79 Å². The lowest BCUT2D eigenvalue weighted by Crippen LogP contribution is -1.99. The Bertz CT molecular complexity index is 498. The van der Waals surface area contributed by atoms with Gasteiger partial charge in [0.05, 0.1) is 31.0 Å². The van der Waals surface area contributed by atoms with Gasteiger partial charge in [0.2, 0.25) is 7.01 Å². The predicted octanol–water partition coefficient (Wildman–Crippen LogP) is 1.21. The fourth-order valence-electron chi connectivity index (χ4n) is 0.857. The molecule has 7 heteroatoms. The van der Waals surface area contributed by atoms with Gasteiger partial charge in [0.15, 0.2) is 9.84 Å². The highest BCUT2D eigenvalue weighted by Gasteiger charge is 2.13. The lowest BCUT2D eigenvalue weighted by atomic mass is 10.4. The van der Waals surface area contributed by atoms with Crippen LogP contribution >= 0.6 is 21.2 Å². The molecule has 0 unspecified atom stereocenters. The quantitative estimate of drug-likeness (QED) is 0.596. The molecule has 0 saturated heterocycles. The predicted molar refractivity (Wildman–Crippen MR) is 60.8 cm³/mol. The summed E-state index contributed by atoms with van der Waals surface area (Å²) < 4.78 is 44.4. The lowest BCUT2D eigenvalue weighted by Gasteiger charge is -2.00. The van der Waals surface area contributed by atoms with Crippen LogP contribution in [-0.4, -0.2) is 23.1 Å². The molecule has 4 nitrogen and oxygen atoms in total. The molecular weight excluding hydrogens is 339 g/mol. The van der Waals surface area contributed by atoms with E-state index in [1.807, 2.05) is 0 Å². The lowest BCUT2D eigenvalue weighted by molar-refractivity contribution is 0.601. The van der Waals surface area contributed by atoms with Gasteiger partial charge >= 0.3 is 0 Å². The number of benzene rings is 1. The van der Waals surface area contributed by atoms with Crippen LogP contribution in [-0.2, 0) is 16.8 Å². The van der Waals surface area contributed by atoms with Crippen LogP contribution in [0.3, 0.4) is 0 Å². The van der Waals surface area contributed by atoms with Crippen LogP contribution in [0.2, 0.25) is 0 Å². The smallest absolute Gasteiger partial charge is 0.224 e. The molecule has 0 N–H and O–H groups in total. The summed E-state index contributed by atoms with van der Waals surface area (Å²) in [7, 11) is -6.73. The molecule has 0 fully saturated rings. The number of hydrogen-bond acceptors (Lipinski definition) is 4. The summed E-state index contributed by atoms with van der Waals surface area (Å²) in [6, 6.07) is 5.27. The standard InChI is InChI=1S/C7H7IO4S2/c1-13(9,10)6-3-2-4-7(5-6)14(8,11)12/h2-5H,1H3. The van der Waals surface area contributed by atoms with Crippen LogP contribution in [0, 0.1) is 0 Å². The minimum atomic E-state index is -3.38. The highest BCUT2D eigenvalue weighted by molar-refractivity contribution is 14.2. The zero-order chi connectivity index (χ0) is 11.0. The van der Waals surface area contributed by atoms with Crippen LogP contribution in [0.5, 0.6) is 0 Å². The fourth-order valence-corrected chi connectivity index (χ4v) is 2.93. The second kappa shape index (κ2) is 3.78. The second-order valence-corrected chi connectivity index (χ2v) is 9.53. The average molecular weight is 346 g/mol. The third-order valence-electron chi connectivity index (χ3n) is 1.52. The third-order valence-corrected chi connectivity index (χ3v) is 4.97. The summed E-state index contributed by atoms with van der Waals surface area (Å²) in [5.74, 6) is 0. The monoisotopic (exact) mass is 346 g/mol.